The maximum Gasteiger partial charge on any atom is 0.416 e. The second-order valence-electron chi connectivity index (χ2n) is 35.5. The number of Topliss-reactive ketones (excluding diaryl/α,β-unsaturated/α-hetero) is 1. The van der Waals surface area contributed by atoms with Gasteiger partial charge in [-0.15, -0.1) is 4.99 Å². The van der Waals surface area contributed by atoms with Gasteiger partial charge in [0.2, 0.25) is 6.08 Å². The second-order valence-corrected chi connectivity index (χ2v) is 35.8. The molecule has 141 heavy (non-hydrogen) atoms. The lowest BCUT2D eigenvalue weighted by atomic mass is 9.79. The van der Waals surface area contributed by atoms with Gasteiger partial charge in [0.25, 0.3) is 5.56 Å². The first-order valence-corrected chi connectivity index (χ1v) is 47.4. The Morgan fingerprint density at radius 2 is 0.908 bits per heavy atom. The zero-order valence-electron chi connectivity index (χ0n) is 79.8. The number of aliphatic imine (C=N–C) groups is 1. The molecule has 1 unspecified atom stereocenters. The van der Waals surface area contributed by atoms with E-state index in [4.69, 9.17) is 49.4 Å². The molecule has 6 N–H and O–H groups in total. The second kappa shape index (κ2) is 49.8. The number of aryl methyl sites for hydroxylation is 3. The molecule has 0 aliphatic carbocycles. The Bertz CT molecular complexity index is 6020. The average Bonchev–Trinajstić information content (AvgIpc) is 1.59. The molecule has 3 amide bonds. The largest absolute Gasteiger partial charge is 0.465 e. The number of amides is 3. The Kier molecular flexibility index (Phi) is 37.9. The number of ether oxygens (including phenoxy) is 7. The molecule has 5 fully saturated rings. The van der Waals surface area contributed by atoms with Gasteiger partial charge in [-0.1, -0.05) is 164 Å². The number of rotatable bonds is 23. The number of carbonyl (C=O) groups excluding carboxylic acids is 7. The summed E-state index contributed by atoms with van der Waals surface area (Å²) in [5.41, 5.74) is 17.3. The number of ketones is 1. The Morgan fingerprint density at radius 3 is 1.32 bits per heavy atom. The van der Waals surface area contributed by atoms with Crippen LogP contribution >= 0.6 is 11.6 Å². The molecule has 4 spiro atoms. The molecule has 9 heterocycles. The summed E-state index contributed by atoms with van der Waals surface area (Å²) in [7, 11) is 0. The summed E-state index contributed by atoms with van der Waals surface area (Å²) < 4.78 is 135. The molecule has 1 atom stereocenters. The van der Waals surface area contributed by atoms with Gasteiger partial charge in [0, 0.05) is 114 Å². The highest BCUT2D eigenvalue weighted by Crippen LogP contribution is 2.47. The van der Waals surface area contributed by atoms with Crippen molar-refractivity contribution in [3.63, 3.8) is 0 Å². The summed E-state index contributed by atoms with van der Waals surface area (Å²) in [5, 5.41) is 2.25. The highest BCUT2D eigenvalue weighted by Gasteiger charge is 2.56. The Labute approximate surface area is 818 Å². The fourth-order valence-corrected chi connectivity index (χ4v) is 19.4. The van der Waals surface area contributed by atoms with Crippen molar-refractivity contribution in [2.45, 2.75) is 180 Å². The number of nitrogens with zero attached hydrogens (tertiary/aromatic N) is 7. The predicted octanol–water partition coefficient (Wildman–Crippen LogP) is 15.8. The van der Waals surface area contributed by atoms with Gasteiger partial charge in [0.1, 0.15) is 52.6 Å². The number of nitrogens with one attached hydrogen (secondary N) is 2. The summed E-state index contributed by atoms with van der Waals surface area (Å²) in [5.74, 6) is -4.14. The number of aromatic amines is 1. The maximum atomic E-state index is 14.6. The standard InChI is InChI=1S/C27H32FN3O4.C26H31FN2O3.C25H26FN3O3.C18H23NO4.C8H7F4N.C2ClNO2/c1-3-34-25(32)24-23(31(26(29)33)17-21-19(2)8-7-11-22(21)28)18-35-27(24)12-14-30(15-13-27)16-20-9-5-4-6-10-20;1-3-31-25(30)24-23(28-16-21-19(2)8-7-11-22(21)27)18-32-26(24)12-14-29(15-13-26)17-20-9-5-4-6-10-20;1-17-6-5-9-20(26)19(17)15-29-21-16-32-25(22(21)23(30)27-24(29)31)10-12-28(13-11-25)14-18-7-3-2-4-8-18;1-2-22-17(21)16-15(20)13-23-18(16)8-10-19(11-9-18)12-14-6-4-3-5-7-14;9-7-3-1-2-6(5(7)4-13)8(10,11)12;3-2(6)4-1-5/h4-11H,3,12-18H2,1-2H3,(H2,29,33);4-11,28H,3,12-18H2,1-2H3;2-9H,10-16H2,1H3,(H,27,30,31);3-7,16H,2,8-13H2,1H3;1-3H,4,13H2;. The maximum absolute atomic E-state index is 14.6. The molecule has 17 rings (SSSR count). The van der Waals surface area contributed by atoms with E-state index < -0.39 is 92.8 Å². The van der Waals surface area contributed by atoms with Crippen LogP contribution in [0.3, 0.4) is 0 Å². The number of esters is 3. The molecule has 0 radical (unpaired) electrons. The normalized spacial score (nSPS) is 17.8. The number of primary amides is 1. The molecular formula is C106H119ClF7N11O16. The first kappa shape index (κ1) is 107. The fraction of sp³-hybridized carbons (Fsp3) is 0.406. The van der Waals surface area contributed by atoms with Crippen LogP contribution in [0.5, 0.6) is 0 Å². The number of isocyanates is 1. The van der Waals surface area contributed by atoms with Crippen molar-refractivity contribution in [3.05, 3.63) is 339 Å². The van der Waals surface area contributed by atoms with Crippen molar-refractivity contribution in [1.29, 1.82) is 0 Å². The molecular weight excluding hydrogens is 1850 g/mol. The van der Waals surface area contributed by atoms with Gasteiger partial charge < -0.3 is 49.9 Å². The van der Waals surface area contributed by atoms with Gasteiger partial charge in [0.15, 0.2) is 5.78 Å². The van der Waals surface area contributed by atoms with Gasteiger partial charge in [-0.05, 0) is 174 Å². The summed E-state index contributed by atoms with van der Waals surface area (Å²) in [6.45, 7) is 21.7. The van der Waals surface area contributed by atoms with Gasteiger partial charge in [0.05, 0.1) is 97.7 Å². The van der Waals surface area contributed by atoms with Crippen LogP contribution in [-0.2, 0) is 128 Å². The number of hydrogen-bond donors (Lipinski definition) is 4. The number of likely N-dealkylation sites (tertiary alicyclic amines) is 4. The molecule has 0 saturated carbocycles. The van der Waals surface area contributed by atoms with E-state index in [0.717, 1.165) is 114 Å². The highest BCUT2D eigenvalue weighted by atomic mass is 35.5. The zero-order chi connectivity index (χ0) is 101. The van der Waals surface area contributed by atoms with Crippen LogP contribution in [0.1, 0.15) is 150 Å². The fourth-order valence-electron chi connectivity index (χ4n) is 19.3. The van der Waals surface area contributed by atoms with Gasteiger partial charge in [-0.3, -0.25) is 53.2 Å². The number of benzene rings is 8. The van der Waals surface area contributed by atoms with Crippen molar-refractivity contribution in [1.82, 2.24) is 39.4 Å². The number of H-pyrrole nitrogens is 1. The number of halogens is 8. The minimum atomic E-state index is -4.54. The lowest BCUT2D eigenvalue weighted by Crippen LogP contribution is -2.50. The number of alkyl halides is 3. The first-order chi connectivity index (χ1) is 67.7. The van der Waals surface area contributed by atoms with E-state index >= 15 is 0 Å². The summed E-state index contributed by atoms with van der Waals surface area (Å²) >= 11 is 4.51. The SMILES string of the molecule is CCOC(=O)C1=C(N(Cc2c(C)cccc2F)C(N)=O)COC12CCN(Cc1ccccc1)CC2.CCOC(=O)C1=C(NCc2c(C)cccc2F)COC12CCN(Cc1ccccc1)CC2.CCOC(=O)C1C(=O)COC12CCN(Cc1ccccc1)CC2.Cc1cccc(F)c1Cn1c2c(c(=O)[nH]c1=O)C1(CCN(Cc3ccccc3)CC1)OC2.NCc1c(F)cccc1C(F)(F)F.O=C=NC(=O)Cl. The molecule has 8 aliphatic rings. The molecule has 8 aliphatic heterocycles. The lowest BCUT2D eigenvalue weighted by molar-refractivity contribution is -0.159. The zero-order valence-corrected chi connectivity index (χ0v) is 80.6. The number of piperidine rings is 4. The average molecular weight is 1970 g/mol. The topological polar surface area (TPSA) is 332 Å². The Balaban J connectivity index is 0.000000159. The van der Waals surface area contributed by atoms with E-state index in [1.807, 2.05) is 86.6 Å². The Morgan fingerprint density at radius 1 is 0.504 bits per heavy atom. The number of hydrogen-bond acceptors (Lipinski definition) is 22. The smallest absolute Gasteiger partial charge is 0.416 e. The van der Waals surface area contributed by atoms with Crippen molar-refractivity contribution < 1.29 is 97.5 Å². The number of nitrogens with two attached hydrogens (primary N) is 2. The summed E-state index contributed by atoms with van der Waals surface area (Å²) in [6, 6.07) is 57.8. The monoisotopic (exact) mass is 1970 g/mol. The molecule has 8 aromatic carbocycles. The minimum absolute atomic E-state index is 0.0299. The Hall–Kier alpha value is -12.4. The van der Waals surface area contributed by atoms with E-state index in [-0.39, 0.29) is 68.5 Å². The van der Waals surface area contributed by atoms with E-state index in [1.54, 1.807) is 52.0 Å². The van der Waals surface area contributed by atoms with Crippen LogP contribution in [0, 0.1) is 50.0 Å². The quantitative estimate of drug-likeness (QED) is 0.00675. The molecule has 35 heteroatoms. The minimum Gasteiger partial charge on any atom is -0.465 e. The summed E-state index contributed by atoms with van der Waals surface area (Å²) in [4.78, 5) is 122. The van der Waals surface area contributed by atoms with E-state index in [2.05, 4.69) is 107 Å². The van der Waals surface area contributed by atoms with Crippen molar-refractivity contribution >= 4 is 52.8 Å². The van der Waals surface area contributed by atoms with E-state index in [0.29, 0.717) is 134 Å². The van der Waals surface area contributed by atoms with Crippen LogP contribution in [0.15, 0.2) is 231 Å². The lowest BCUT2D eigenvalue weighted by Gasteiger charge is -2.40. The highest BCUT2D eigenvalue weighted by molar-refractivity contribution is 6.63. The van der Waals surface area contributed by atoms with Crippen LogP contribution in [0.2, 0.25) is 0 Å². The predicted molar refractivity (Wildman–Crippen MR) is 513 cm³/mol. The molecule has 1 aromatic heterocycles. The number of aromatic nitrogens is 2. The van der Waals surface area contributed by atoms with Gasteiger partial charge >= 0.3 is 41.2 Å². The molecule has 9 aromatic rings. The van der Waals surface area contributed by atoms with Crippen LogP contribution in [-0.4, -0.2) is 184 Å². The number of urea groups is 1. The summed E-state index contributed by atoms with van der Waals surface area (Å²) in [6.07, 6.45) is 1.73. The first-order valence-electron chi connectivity index (χ1n) is 47.0. The van der Waals surface area contributed by atoms with E-state index in [1.165, 1.54) is 49.9 Å². The third-order valence-corrected chi connectivity index (χ3v) is 26.9. The van der Waals surface area contributed by atoms with Crippen molar-refractivity contribution in [2.24, 2.45) is 22.4 Å². The van der Waals surface area contributed by atoms with Gasteiger partial charge in [-0.25, -0.2) is 41.5 Å². The van der Waals surface area contributed by atoms with Crippen LogP contribution in [0.25, 0.3) is 0 Å². The van der Waals surface area contributed by atoms with Crippen molar-refractivity contribution in [2.75, 3.05) is 92.0 Å². The third-order valence-electron chi connectivity index (χ3n) is 26.8. The van der Waals surface area contributed by atoms with Gasteiger partial charge in [-0.2, -0.15) is 13.2 Å². The van der Waals surface area contributed by atoms with Crippen LogP contribution < -0.4 is 28.0 Å². The van der Waals surface area contributed by atoms with Crippen LogP contribution in [0.4, 0.5) is 40.3 Å². The molecule has 5 saturated heterocycles. The molecule has 0 bridgehead atoms. The third kappa shape index (κ3) is 27.1. The number of fused-ring (bicyclic) bond motifs is 2. The number of carbonyl (C=O) groups is 6. The van der Waals surface area contributed by atoms with E-state index in [9.17, 15) is 69.1 Å². The molecule has 750 valence electrons. The van der Waals surface area contributed by atoms with Crippen molar-refractivity contribution in [3.8, 4) is 0 Å². The molecule has 27 nitrogen and oxygen atoms in total.